The summed E-state index contributed by atoms with van der Waals surface area (Å²) in [5, 5.41) is 15.7. The van der Waals surface area contributed by atoms with E-state index < -0.39 is 52.5 Å². The highest BCUT2D eigenvalue weighted by Gasteiger charge is 2.34. The molecule has 4 aromatic rings. The average molecular weight is 660 g/mol. The number of rotatable bonds is 8. The molecule has 1 atom stereocenters. The Balaban J connectivity index is 1.97. The van der Waals surface area contributed by atoms with Crippen LogP contribution in [0.15, 0.2) is 46.8 Å². The molecule has 244 valence electrons. The van der Waals surface area contributed by atoms with Crippen LogP contribution in [0.1, 0.15) is 63.6 Å². The second kappa shape index (κ2) is 12.9. The first-order chi connectivity index (χ1) is 21.4. The summed E-state index contributed by atoms with van der Waals surface area (Å²) in [5.74, 6) is -2.49. The van der Waals surface area contributed by atoms with Crippen molar-refractivity contribution in [1.82, 2.24) is 19.9 Å². The number of ether oxygens (including phenoxy) is 1. The summed E-state index contributed by atoms with van der Waals surface area (Å²) in [6, 6.07) is 4.26. The SMILES string of the molecule is CCNC(=O)Nc1cc(-c2nc(C(F)(F)F)cs2)c(-c2ccc3c(c2)c(=O)c(C(=O)O)cn3C(C(=O)OC(C)(C)C)C(C)C)cn1. The van der Waals surface area contributed by atoms with Crippen molar-refractivity contribution >= 4 is 46.0 Å². The summed E-state index contributed by atoms with van der Waals surface area (Å²) in [5.41, 5.74) is -2.41. The maximum Gasteiger partial charge on any atom is 0.434 e. The van der Waals surface area contributed by atoms with Gasteiger partial charge in [0.05, 0.1) is 5.52 Å². The van der Waals surface area contributed by atoms with Crippen molar-refractivity contribution < 1.29 is 37.4 Å². The van der Waals surface area contributed by atoms with Crippen LogP contribution in [-0.2, 0) is 15.7 Å². The van der Waals surface area contributed by atoms with E-state index in [2.05, 4.69) is 20.6 Å². The number of halogens is 3. The van der Waals surface area contributed by atoms with E-state index in [1.54, 1.807) is 47.6 Å². The third kappa shape index (κ3) is 7.36. The van der Waals surface area contributed by atoms with Crippen molar-refractivity contribution in [2.24, 2.45) is 5.92 Å². The summed E-state index contributed by atoms with van der Waals surface area (Å²) >= 11 is 0.724. The third-order valence-electron chi connectivity index (χ3n) is 6.66. The second-order valence-electron chi connectivity index (χ2n) is 11.7. The number of hydrogen-bond acceptors (Lipinski definition) is 8. The van der Waals surface area contributed by atoms with E-state index in [4.69, 9.17) is 4.74 Å². The topological polar surface area (TPSA) is 153 Å². The number of pyridine rings is 2. The van der Waals surface area contributed by atoms with Gasteiger partial charge >= 0.3 is 24.1 Å². The number of nitrogens with zero attached hydrogens (tertiary/aromatic N) is 3. The number of thiazole rings is 1. The lowest BCUT2D eigenvalue weighted by Crippen LogP contribution is -2.34. The first-order valence-corrected chi connectivity index (χ1v) is 15.0. The Morgan fingerprint density at radius 3 is 2.37 bits per heavy atom. The van der Waals surface area contributed by atoms with Crippen LogP contribution in [-0.4, -0.2) is 49.8 Å². The minimum absolute atomic E-state index is 0.0295. The molecule has 1 unspecified atom stereocenters. The van der Waals surface area contributed by atoms with Crippen LogP contribution in [0.5, 0.6) is 0 Å². The van der Waals surface area contributed by atoms with Gasteiger partial charge in [0, 0.05) is 40.8 Å². The Morgan fingerprint density at radius 2 is 1.80 bits per heavy atom. The second-order valence-corrected chi connectivity index (χ2v) is 12.5. The molecule has 4 rings (SSSR count). The number of hydrogen-bond donors (Lipinski definition) is 3. The van der Waals surface area contributed by atoms with Gasteiger partial charge in [0.15, 0.2) is 5.69 Å². The normalized spacial score (nSPS) is 12.7. The third-order valence-corrected chi connectivity index (χ3v) is 7.54. The lowest BCUT2D eigenvalue weighted by Gasteiger charge is -2.29. The fraction of sp³-hybridized carbons (Fsp3) is 0.355. The average Bonchev–Trinajstić information content (AvgIpc) is 3.44. The summed E-state index contributed by atoms with van der Waals surface area (Å²) in [7, 11) is 0. The maximum absolute atomic E-state index is 13.5. The molecule has 0 bridgehead atoms. The largest absolute Gasteiger partial charge is 0.477 e. The molecule has 0 aliphatic carbocycles. The monoisotopic (exact) mass is 659 g/mol. The molecule has 0 saturated carbocycles. The lowest BCUT2D eigenvalue weighted by molar-refractivity contribution is -0.160. The quantitative estimate of drug-likeness (QED) is 0.179. The molecule has 15 heteroatoms. The number of aromatic carboxylic acids is 1. The number of carboxylic acid groups (broad SMARTS) is 1. The fourth-order valence-corrected chi connectivity index (χ4v) is 5.61. The van der Waals surface area contributed by atoms with Crippen LogP contribution in [0.3, 0.4) is 0 Å². The van der Waals surface area contributed by atoms with Crippen LogP contribution in [0.25, 0.3) is 32.6 Å². The smallest absolute Gasteiger partial charge is 0.434 e. The molecular formula is C31H32F3N5O6S. The number of anilines is 1. The maximum atomic E-state index is 13.5. The van der Waals surface area contributed by atoms with E-state index >= 15 is 0 Å². The number of nitrogens with one attached hydrogen (secondary N) is 2. The fourth-order valence-electron chi connectivity index (χ4n) is 4.75. The van der Waals surface area contributed by atoms with Gasteiger partial charge in [-0.15, -0.1) is 11.3 Å². The highest BCUT2D eigenvalue weighted by Crippen LogP contribution is 2.39. The van der Waals surface area contributed by atoms with Crippen molar-refractivity contribution in [1.29, 1.82) is 0 Å². The first kappa shape index (κ1) is 34.1. The minimum atomic E-state index is -4.70. The minimum Gasteiger partial charge on any atom is -0.477 e. The molecule has 1 aromatic carbocycles. The molecule has 11 nitrogen and oxygen atoms in total. The molecular weight excluding hydrogens is 627 g/mol. The zero-order valence-electron chi connectivity index (χ0n) is 25.8. The van der Waals surface area contributed by atoms with Crippen molar-refractivity contribution in [3.05, 3.63) is 63.5 Å². The molecule has 0 aliphatic rings. The number of alkyl halides is 3. The van der Waals surface area contributed by atoms with Crippen molar-refractivity contribution in [3.8, 4) is 21.7 Å². The number of carbonyl (C=O) groups excluding carboxylic acids is 2. The standard InChI is InChI=1S/C31H32F3N5O6S/c1-7-35-29(44)38-23-11-17(26-37-22(14-46-26)31(32,33)34)19(12-36-23)16-8-9-21-18(10-16)25(40)20(27(41)42)13-39(21)24(15(2)3)28(43)45-30(4,5)6/h8-15,24H,7H2,1-6H3,(H,41,42)(H2,35,36,38,44). The van der Waals surface area contributed by atoms with E-state index in [0.717, 1.165) is 22.9 Å². The Bertz CT molecular complexity index is 1880. The van der Waals surface area contributed by atoms with Crippen LogP contribution < -0.4 is 16.1 Å². The molecule has 0 aliphatic heterocycles. The van der Waals surface area contributed by atoms with Crippen molar-refractivity contribution in [2.45, 2.75) is 59.4 Å². The van der Waals surface area contributed by atoms with Gasteiger partial charge < -0.3 is 19.7 Å². The van der Waals surface area contributed by atoms with Crippen LogP contribution in [0, 0.1) is 5.92 Å². The highest BCUT2D eigenvalue weighted by atomic mass is 32.1. The van der Waals surface area contributed by atoms with E-state index in [1.165, 1.54) is 29.0 Å². The predicted octanol–water partition coefficient (Wildman–Crippen LogP) is 6.58. The molecule has 3 heterocycles. The molecule has 3 aromatic heterocycles. The molecule has 46 heavy (non-hydrogen) atoms. The van der Waals surface area contributed by atoms with Gasteiger partial charge in [-0.25, -0.2) is 24.4 Å². The Labute approximate surface area is 265 Å². The van der Waals surface area contributed by atoms with E-state index in [9.17, 15) is 37.5 Å². The van der Waals surface area contributed by atoms with Gasteiger partial charge in [0.25, 0.3) is 0 Å². The Kier molecular flexibility index (Phi) is 9.56. The van der Waals surface area contributed by atoms with Crippen LogP contribution in [0.4, 0.5) is 23.8 Å². The molecule has 0 radical (unpaired) electrons. The molecule has 0 spiro atoms. The van der Waals surface area contributed by atoms with Gasteiger partial charge in [-0.3, -0.25) is 10.1 Å². The van der Waals surface area contributed by atoms with E-state index in [-0.39, 0.29) is 38.8 Å². The highest BCUT2D eigenvalue weighted by molar-refractivity contribution is 7.13. The lowest BCUT2D eigenvalue weighted by atomic mass is 9.97. The predicted molar refractivity (Wildman–Crippen MR) is 167 cm³/mol. The van der Waals surface area contributed by atoms with Gasteiger partial charge in [-0.05, 0) is 57.4 Å². The van der Waals surface area contributed by atoms with Gasteiger partial charge in [-0.2, -0.15) is 13.2 Å². The van der Waals surface area contributed by atoms with Crippen molar-refractivity contribution in [2.75, 3.05) is 11.9 Å². The van der Waals surface area contributed by atoms with Crippen LogP contribution >= 0.6 is 11.3 Å². The summed E-state index contributed by atoms with van der Waals surface area (Å²) < 4.78 is 47.4. The zero-order chi connectivity index (χ0) is 34.1. The molecule has 0 fully saturated rings. The Morgan fingerprint density at radius 1 is 1.11 bits per heavy atom. The van der Waals surface area contributed by atoms with Gasteiger partial charge in [-0.1, -0.05) is 19.9 Å². The number of fused-ring (bicyclic) bond motifs is 1. The number of carboxylic acids is 1. The number of esters is 1. The van der Waals surface area contributed by atoms with Gasteiger partial charge in [0.1, 0.15) is 28.0 Å². The zero-order valence-corrected chi connectivity index (χ0v) is 26.6. The summed E-state index contributed by atoms with van der Waals surface area (Å²) in [6.07, 6.45) is -2.28. The molecule has 3 N–H and O–H groups in total. The van der Waals surface area contributed by atoms with E-state index in [1.807, 2.05) is 0 Å². The molecule has 2 amide bonds. The summed E-state index contributed by atoms with van der Waals surface area (Å²) in [4.78, 5) is 59.1. The number of carbonyl (C=O) groups is 3. The van der Waals surface area contributed by atoms with Crippen LogP contribution in [0.2, 0.25) is 0 Å². The number of urea groups is 1. The summed E-state index contributed by atoms with van der Waals surface area (Å²) in [6.45, 7) is 10.6. The molecule has 0 saturated heterocycles. The van der Waals surface area contributed by atoms with E-state index in [0.29, 0.717) is 12.1 Å². The number of benzene rings is 1. The van der Waals surface area contributed by atoms with Crippen molar-refractivity contribution in [3.63, 3.8) is 0 Å². The number of amides is 2. The number of aromatic nitrogens is 3. The Hall–Kier alpha value is -4.79. The first-order valence-electron chi connectivity index (χ1n) is 14.1. The van der Waals surface area contributed by atoms with Gasteiger partial charge in [0.2, 0.25) is 5.43 Å².